The maximum Gasteiger partial charge on any atom is 0.492 e. The van der Waals surface area contributed by atoms with E-state index >= 15 is 0 Å². The molecule has 13 heavy (non-hydrogen) atoms. The zero-order valence-electron chi connectivity index (χ0n) is 7.01. The summed E-state index contributed by atoms with van der Waals surface area (Å²) in [4.78, 5) is 0. The molecule has 1 aromatic carbocycles. The molecule has 0 saturated carbocycles. The highest BCUT2D eigenvalue weighted by atomic mass is 35.5. The monoisotopic (exact) mass is 199 g/mol. The minimum absolute atomic E-state index is 0. The van der Waals surface area contributed by atoms with E-state index in [1.807, 2.05) is 24.3 Å². The molecule has 5 heteroatoms. The van der Waals surface area contributed by atoms with Gasteiger partial charge in [0, 0.05) is 6.54 Å². The molecule has 1 aliphatic rings. The van der Waals surface area contributed by atoms with Gasteiger partial charge in [-0.3, -0.25) is 0 Å². The smallest absolute Gasteiger partial charge is 0.423 e. The van der Waals surface area contributed by atoms with E-state index in [-0.39, 0.29) is 18.5 Å². The zero-order valence-corrected chi connectivity index (χ0v) is 7.83. The van der Waals surface area contributed by atoms with Gasteiger partial charge in [0.15, 0.2) is 0 Å². The molecule has 0 amide bonds. The van der Waals surface area contributed by atoms with Crippen LogP contribution in [0.5, 0.6) is 0 Å². The van der Waals surface area contributed by atoms with Gasteiger partial charge < -0.3 is 15.4 Å². The van der Waals surface area contributed by atoms with Crippen LogP contribution in [0, 0.1) is 0 Å². The molecule has 1 aliphatic heterocycles. The van der Waals surface area contributed by atoms with E-state index in [9.17, 15) is 5.02 Å². The van der Waals surface area contributed by atoms with E-state index in [1.165, 1.54) is 0 Å². The maximum atomic E-state index is 9.41. The fraction of sp³-hybridized carbons (Fsp3) is 0.250. The first-order chi connectivity index (χ1) is 5.83. The second-order valence-electron chi connectivity index (χ2n) is 2.84. The van der Waals surface area contributed by atoms with Crippen LogP contribution >= 0.6 is 12.4 Å². The fourth-order valence-corrected chi connectivity index (χ4v) is 1.51. The van der Waals surface area contributed by atoms with Gasteiger partial charge in [-0.15, -0.1) is 12.4 Å². The van der Waals surface area contributed by atoms with Crippen molar-refractivity contribution in [3.05, 3.63) is 29.8 Å². The van der Waals surface area contributed by atoms with Crippen LogP contribution in [0.3, 0.4) is 0 Å². The number of nitrogens with two attached hydrogens (primary N) is 1. The van der Waals surface area contributed by atoms with Gasteiger partial charge in [0.1, 0.15) is 0 Å². The summed E-state index contributed by atoms with van der Waals surface area (Å²) in [5, 5.41) is 9.41. The number of halogens is 1. The number of benzene rings is 1. The second kappa shape index (κ2) is 4.11. The highest BCUT2D eigenvalue weighted by Crippen LogP contribution is 2.21. The molecule has 0 aliphatic carbocycles. The van der Waals surface area contributed by atoms with Crippen LogP contribution in [0.4, 0.5) is 0 Å². The van der Waals surface area contributed by atoms with Gasteiger partial charge in [0.2, 0.25) is 0 Å². The lowest BCUT2D eigenvalue weighted by Crippen LogP contribution is -2.27. The molecule has 1 atom stereocenters. The number of fused-ring (bicyclic) bond motifs is 1. The predicted octanol–water partition coefficient (Wildman–Crippen LogP) is -0.174. The van der Waals surface area contributed by atoms with Crippen molar-refractivity contribution >= 4 is 25.0 Å². The lowest BCUT2D eigenvalue weighted by molar-refractivity contribution is 0.198. The second-order valence-corrected chi connectivity index (χ2v) is 2.84. The van der Waals surface area contributed by atoms with Crippen molar-refractivity contribution in [1.82, 2.24) is 0 Å². The van der Waals surface area contributed by atoms with E-state index in [0.29, 0.717) is 6.54 Å². The highest BCUT2D eigenvalue weighted by Gasteiger charge is 2.33. The molecule has 3 nitrogen and oxygen atoms in total. The van der Waals surface area contributed by atoms with Crippen LogP contribution in [0.1, 0.15) is 11.7 Å². The van der Waals surface area contributed by atoms with Crippen LogP contribution in [-0.2, 0) is 4.65 Å². The number of hydrogen-bond acceptors (Lipinski definition) is 3. The van der Waals surface area contributed by atoms with Gasteiger partial charge >= 0.3 is 7.12 Å². The molecular formula is C8H11BClNO2. The van der Waals surface area contributed by atoms with Crippen LogP contribution in [0.25, 0.3) is 0 Å². The summed E-state index contributed by atoms with van der Waals surface area (Å²) in [6.07, 6.45) is -0.142. The Hall–Kier alpha value is -0.545. The Kier molecular flexibility index (Phi) is 3.33. The first-order valence-electron chi connectivity index (χ1n) is 3.95. The molecule has 0 radical (unpaired) electrons. The van der Waals surface area contributed by atoms with Crippen molar-refractivity contribution in [2.45, 2.75) is 6.10 Å². The van der Waals surface area contributed by atoms with Crippen molar-refractivity contribution in [2.75, 3.05) is 6.54 Å². The minimum atomic E-state index is -0.797. The average Bonchev–Trinajstić information content (AvgIpc) is 2.44. The first kappa shape index (κ1) is 10.5. The van der Waals surface area contributed by atoms with E-state index in [4.69, 9.17) is 10.4 Å². The molecule has 0 fully saturated rings. The van der Waals surface area contributed by atoms with Crippen molar-refractivity contribution in [3.8, 4) is 0 Å². The van der Waals surface area contributed by atoms with Crippen molar-refractivity contribution in [1.29, 1.82) is 0 Å². The Bertz CT molecular complexity index is 297. The topological polar surface area (TPSA) is 55.5 Å². The van der Waals surface area contributed by atoms with Gasteiger partial charge in [-0.2, -0.15) is 0 Å². The fourth-order valence-electron chi connectivity index (χ4n) is 1.51. The summed E-state index contributed by atoms with van der Waals surface area (Å²) in [6.45, 7) is 0.411. The van der Waals surface area contributed by atoms with E-state index in [1.54, 1.807) is 0 Å². The van der Waals surface area contributed by atoms with Crippen molar-refractivity contribution < 1.29 is 9.68 Å². The summed E-state index contributed by atoms with van der Waals surface area (Å²) < 4.78 is 5.21. The van der Waals surface area contributed by atoms with Gasteiger partial charge in [-0.25, -0.2) is 0 Å². The number of hydrogen-bond donors (Lipinski definition) is 2. The largest absolute Gasteiger partial charge is 0.492 e. The SMILES string of the molecule is Cl.NC[C@H]1OB(O)c2ccccc21. The van der Waals surface area contributed by atoms with Gasteiger partial charge in [0.25, 0.3) is 0 Å². The molecule has 2 rings (SSSR count). The van der Waals surface area contributed by atoms with Gasteiger partial charge in [-0.1, -0.05) is 24.3 Å². The summed E-state index contributed by atoms with van der Waals surface area (Å²) in [7, 11) is -0.797. The minimum Gasteiger partial charge on any atom is -0.423 e. The van der Waals surface area contributed by atoms with Crippen LogP contribution < -0.4 is 11.2 Å². The average molecular weight is 199 g/mol. The maximum absolute atomic E-state index is 9.41. The Morgan fingerprint density at radius 2 is 2.15 bits per heavy atom. The van der Waals surface area contributed by atoms with Crippen LogP contribution in [0.15, 0.2) is 24.3 Å². The van der Waals surface area contributed by atoms with Crippen molar-refractivity contribution in [2.24, 2.45) is 5.73 Å². The van der Waals surface area contributed by atoms with Crippen LogP contribution in [0.2, 0.25) is 0 Å². The summed E-state index contributed by atoms with van der Waals surface area (Å²) in [5.74, 6) is 0. The van der Waals surface area contributed by atoms with Crippen molar-refractivity contribution in [3.63, 3.8) is 0 Å². The quantitative estimate of drug-likeness (QED) is 0.617. The first-order valence-corrected chi connectivity index (χ1v) is 3.95. The van der Waals surface area contributed by atoms with Crippen LogP contribution in [-0.4, -0.2) is 18.7 Å². The standard InChI is InChI=1S/C8H10BNO2.ClH/c10-5-8-6-3-1-2-4-7(6)9(11)12-8;/h1-4,8,11H,5,10H2;1H/t8-;/m1./s1. The van der Waals surface area contributed by atoms with Gasteiger partial charge in [-0.05, 0) is 11.0 Å². The molecule has 0 unspecified atom stereocenters. The Morgan fingerprint density at radius 1 is 1.46 bits per heavy atom. The molecule has 0 aromatic heterocycles. The van der Waals surface area contributed by atoms with Gasteiger partial charge in [0.05, 0.1) is 6.10 Å². The van der Waals surface area contributed by atoms with E-state index < -0.39 is 7.12 Å². The summed E-state index contributed by atoms with van der Waals surface area (Å²) in [6, 6.07) is 7.59. The Morgan fingerprint density at radius 3 is 2.85 bits per heavy atom. The molecule has 0 bridgehead atoms. The predicted molar refractivity (Wildman–Crippen MR) is 54.2 cm³/mol. The zero-order chi connectivity index (χ0) is 8.55. The van der Waals surface area contributed by atoms with E-state index in [2.05, 4.69) is 0 Å². The summed E-state index contributed by atoms with van der Waals surface area (Å²) in [5.41, 5.74) is 7.32. The normalized spacial score (nSPS) is 19.5. The Balaban J connectivity index is 0.000000845. The molecule has 3 N–H and O–H groups in total. The molecular weight excluding hydrogens is 188 g/mol. The molecule has 70 valence electrons. The third-order valence-electron chi connectivity index (χ3n) is 2.12. The molecule has 0 saturated heterocycles. The lowest BCUT2D eigenvalue weighted by atomic mass is 9.79. The van der Waals surface area contributed by atoms with E-state index in [0.717, 1.165) is 11.0 Å². The molecule has 1 aromatic rings. The lowest BCUT2D eigenvalue weighted by Gasteiger charge is -2.07. The third-order valence-corrected chi connectivity index (χ3v) is 2.12. The Labute approximate surface area is 83.4 Å². The molecule has 1 heterocycles. The summed E-state index contributed by atoms with van der Waals surface area (Å²) >= 11 is 0. The molecule has 0 spiro atoms. The number of rotatable bonds is 1. The third kappa shape index (κ3) is 1.71. The highest BCUT2D eigenvalue weighted by molar-refractivity contribution is 6.61.